The van der Waals surface area contributed by atoms with Crippen LogP contribution in [0.15, 0.2) is 18.2 Å². The molecule has 0 atom stereocenters. The van der Waals surface area contributed by atoms with Gasteiger partial charge in [0.05, 0.1) is 5.69 Å². The molecule has 6 heteroatoms. The number of tetrazole rings is 1. The summed E-state index contributed by atoms with van der Waals surface area (Å²) in [7, 11) is 0. The zero-order chi connectivity index (χ0) is 11.1. The second-order valence-corrected chi connectivity index (χ2v) is 3.97. The minimum Gasteiger partial charge on any atom is -0.399 e. The third-order valence-electron chi connectivity index (χ3n) is 2.59. The topological polar surface area (TPSA) is 69.6 Å². The zero-order valence-corrected chi connectivity index (χ0v) is 8.47. The molecule has 1 aromatic heterocycles. The lowest BCUT2D eigenvalue weighted by Gasteiger charge is -2.04. The van der Waals surface area contributed by atoms with Gasteiger partial charge in [0.1, 0.15) is 5.82 Å². The molecule has 82 valence electrons. The highest BCUT2D eigenvalue weighted by Crippen LogP contribution is 2.39. The molecular formula is C10H10FN5. The van der Waals surface area contributed by atoms with Gasteiger partial charge in [0, 0.05) is 11.6 Å². The van der Waals surface area contributed by atoms with Crippen molar-refractivity contribution in [2.75, 3.05) is 5.73 Å². The molecule has 2 N–H and O–H groups in total. The minimum absolute atomic E-state index is 0.368. The highest BCUT2D eigenvalue weighted by Gasteiger charge is 2.30. The highest BCUT2D eigenvalue weighted by atomic mass is 19.1. The van der Waals surface area contributed by atoms with E-state index in [9.17, 15) is 4.39 Å². The van der Waals surface area contributed by atoms with Crippen molar-refractivity contribution in [1.29, 1.82) is 0 Å². The molecule has 0 amide bonds. The third-order valence-corrected chi connectivity index (χ3v) is 2.59. The largest absolute Gasteiger partial charge is 0.399 e. The van der Waals surface area contributed by atoms with Crippen molar-refractivity contribution in [2.24, 2.45) is 0 Å². The summed E-state index contributed by atoms with van der Waals surface area (Å²) in [6.07, 6.45) is 2.18. The molecule has 3 rings (SSSR count). The maximum Gasteiger partial charge on any atom is 0.159 e. The van der Waals surface area contributed by atoms with Crippen molar-refractivity contribution >= 4 is 5.69 Å². The Morgan fingerprint density at radius 2 is 2.12 bits per heavy atom. The van der Waals surface area contributed by atoms with Crippen LogP contribution in [0.3, 0.4) is 0 Å². The van der Waals surface area contributed by atoms with E-state index in [-0.39, 0.29) is 5.82 Å². The Balaban J connectivity index is 2.10. The van der Waals surface area contributed by atoms with Gasteiger partial charge in [-0.2, -0.15) is 4.68 Å². The van der Waals surface area contributed by atoms with Crippen LogP contribution in [0.1, 0.15) is 24.6 Å². The fraction of sp³-hybridized carbons (Fsp3) is 0.300. The van der Waals surface area contributed by atoms with Crippen LogP contribution < -0.4 is 5.73 Å². The van der Waals surface area contributed by atoms with Crippen molar-refractivity contribution in [3.8, 4) is 5.69 Å². The Bertz CT molecular complexity index is 512. The van der Waals surface area contributed by atoms with Gasteiger partial charge >= 0.3 is 0 Å². The Labute approximate surface area is 91.1 Å². The summed E-state index contributed by atoms with van der Waals surface area (Å²) in [4.78, 5) is 0. The van der Waals surface area contributed by atoms with E-state index < -0.39 is 0 Å². The van der Waals surface area contributed by atoms with Crippen LogP contribution in [0.2, 0.25) is 0 Å². The number of nitrogens with two attached hydrogens (primary N) is 1. The van der Waals surface area contributed by atoms with Gasteiger partial charge in [0.15, 0.2) is 5.82 Å². The SMILES string of the molecule is Nc1cc(F)cc(-n2nnnc2C2CC2)c1. The first-order valence-corrected chi connectivity index (χ1v) is 5.09. The molecule has 0 spiro atoms. The number of aromatic nitrogens is 4. The maximum atomic E-state index is 13.2. The Kier molecular flexibility index (Phi) is 1.89. The van der Waals surface area contributed by atoms with E-state index in [4.69, 9.17) is 5.73 Å². The van der Waals surface area contributed by atoms with E-state index in [0.29, 0.717) is 17.3 Å². The number of benzene rings is 1. The molecule has 5 nitrogen and oxygen atoms in total. The first kappa shape index (κ1) is 9.26. The molecule has 0 unspecified atom stereocenters. The molecule has 0 radical (unpaired) electrons. The summed E-state index contributed by atoms with van der Waals surface area (Å²) in [5.74, 6) is 0.803. The van der Waals surface area contributed by atoms with Crippen molar-refractivity contribution in [3.63, 3.8) is 0 Å². The monoisotopic (exact) mass is 219 g/mol. The number of hydrogen-bond donors (Lipinski definition) is 1. The number of halogens is 1. The molecule has 1 aliphatic carbocycles. The number of nitrogen functional groups attached to an aromatic ring is 1. The summed E-state index contributed by atoms with van der Waals surface area (Å²) in [5, 5.41) is 11.4. The third kappa shape index (κ3) is 1.52. The smallest absolute Gasteiger partial charge is 0.159 e. The number of anilines is 1. The second-order valence-electron chi connectivity index (χ2n) is 3.97. The van der Waals surface area contributed by atoms with Crippen LogP contribution in [-0.2, 0) is 0 Å². The van der Waals surface area contributed by atoms with Gasteiger partial charge in [-0.25, -0.2) is 4.39 Å². The first-order chi connectivity index (χ1) is 7.74. The Morgan fingerprint density at radius 1 is 1.31 bits per heavy atom. The lowest BCUT2D eigenvalue weighted by molar-refractivity contribution is 0.624. The fourth-order valence-corrected chi connectivity index (χ4v) is 1.69. The predicted octanol–water partition coefficient (Wildman–Crippen LogP) is 1.26. The molecule has 0 saturated heterocycles. The van der Waals surface area contributed by atoms with Crippen LogP contribution in [0.4, 0.5) is 10.1 Å². The Morgan fingerprint density at radius 3 is 2.81 bits per heavy atom. The second kappa shape index (κ2) is 3.26. The van der Waals surface area contributed by atoms with Crippen molar-refractivity contribution in [2.45, 2.75) is 18.8 Å². The summed E-state index contributed by atoms with van der Waals surface area (Å²) in [5.41, 5.74) is 6.53. The molecule has 0 aliphatic heterocycles. The molecule has 0 bridgehead atoms. The van der Waals surface area contributed by atoms with Crippen LogP contribution in [0.5, 0.6) is 0 Å². The molecule has 1 saturated carbocycles. The average molecular weight is 219 g/mol. The fourth-order valence-electron chi connectivity index (χ4n) is 1.69. The van der Waals surface area contributed by atoms with Crippen LogP contribution in [0, 0.1) is 5.82 Å². The van der Waals surface area contributed by atoms with Gasteiger partial charge in [-0.3, -0.25) is 0 Å². The number of nitrogens with zero attached hydrogens (tertiary/aromatic N) is 4. The quantitative estimate of drug-likeness (QED) is 0.772. The van der Waals surface area contributed by atoms with E-state index in [2.05, 4.69) is 15.5 Å². The molecular weight excluding hydrogens is 209 g/mol. The summed E-state index contributed by atoms with van der Waals surface area (Å²) < 4.78 is 14.8. The van der Waals surface area contributed by atoms with Gasteiger partial charge in [0.25, 0.3) is 0 Å². The molecule has 1 heterocycles. The van der Waals surface area contributed by atoms with Crippen molar-refractivity contribution < 1.29 is 4.39 Å². The van der Waals surface area contributed by atoms with Gasteiger partial charge in [-0.15, -0.1) is 5.10 Å². The van der Waals surface area contributed by atoms with Gasteiger partial charge in [-0.1, -0.05) is 0 Å². The first-order valence-electron chi connectivity index (χ1n) is 5.09. The van der Waals surface area contributed by atoms with Crippen LogP contribution in [-0.4, -0.2) is 20.2 Å². The van der Waals surface area contributed by atoms with Gasteiger partial charge in [-0.05, 0) is 41.5 Å². The zero-order valence-electron chi connectivity index (χ0n) is 8.47. The number of hydrogen-bond acceptors (Lipinski definition) is 4. The van der Waals surface area contributed by atoms with E-state index in [1.54, 1.807) is 10.7 Å². The normalized spacial score (nSPS) is 15.3. The maximum absolute atomic E-state index is 13.2. The van der Waals surface area contributed by atoms with Crippen molar-refractivity contribution in [3.05, 3.63) is 29.8 Å². The highest BCUT2D eigenvalue weighted by molar-refractivity contribution is 5.48. The van der Waals surface area contributed by atoms with Gasteiger partial charge in [0.2, 0.25) is 0 Å². The van der Waals surface area contributed by atoms with Crippen LogP contribution >= 0.6 is 0 Å². The lowest BCUT2D eigenvalue weighted by atomic mass is 10.2. The summed E-state index contributed by atoms with van der Waals surface area (Å²) in [6, 6.07) is 4.30. The van der Waals surface area contributed by atoms with E-state index in [0.717, 1.165) is 18.7 Å². The lowest BCUT2D eigenvalue weighted by Crippen LogP contribution is -2.03. The summed E-state index contributed by atoms with van der Waals surface area (Å²) >= 11 is 0. The minimum atomic E-state index is -0.382. The Hall–Kier alpha value is -1.98. The number of rotatable bonds is 2. The molecule has 16 heavy (non-hydrogen) atoms. The van der Waals surface area contributed by atoms with E-state index >= 15 is 0 Å². The van der Waals surface area contributed by atoms with E-state index in [1.165, 1.54) is 12.1 Å². The van der Waals surface area contributed by atoms with E-state index in [1.807, 2.05) is 0 Å². The van der Waals surface area contributed by atoms with Crippen molar-refractivity contribution in [1.82, 2.24) is 20.2 Å². The average Bonchev–Trinajstić information content (AvgIpc) is 2.94. The molecule has 1 aromatic carbocycles. The summed E-state index contributed by atoms with van der Waals surface area (Å²) in [6.45, 7) is 0. The predicted molar refractivity (Wildman–Crippen MR) is 55.5 cm³/mol. The van der Waals surface area contributed by atoms with Crippen LogP contribution in [0.25, 0.3) is 5.69 Å². The molecule has 1 fully saturated rings. The molecule has 2 aromatic rings. The molecule has 1 aliphatic rings. The standard InChI is InChI=1S/C10H10FN5/c11-7-3-8(12)5-9(4-7)16-10(6-1-2-6)13-14-15-16/h3-6H,1-2,12H2. The van der Waals surface area contributed by atoms with Gasteiger partial charge < -0.3 is 5.73 Å².